The van der Waals surface area contributed by atoms with Crippen LogP contribution in [0.4, 0.5) is 16.3 Å². The zero-order valence-electron chi connectivity index (χ0n) is 24.1. The molecular formula is C30H31N9O4. The summed E-state index contributed by atoms with van der Waals surface area (Å²) in [6.45, 7) is 3.55. The standard InChI is InChI=1S/C30H31N9O4/c1-15-6-7-31-27(32-15)20-10-21(20)29(42)36-25-11-22(33-16(2)34-25)24(40)9-19-13-38-12-18(17-4-5-17)8-23(28(38)35-19)39-14-26(41)37(3)30(39)43/h6-8,11-13,17,20-21,24,40H,4-5,9-10,14H2,1-3H3,(H,33,34,36,42). The third-order valence-corrected chi connectivity index (χ3v) is 8.25. The lowest BCUT2D eigenvalue weighted by molar-refractivity contribution is -0.124. The zero-order chi connectivity index (χ0) is 30.0. The van der Waals surface area contributed by atoms with Gasteiger partial charge in [-0.2, -0.15) is 0 Å². The monoisotopic (exact) mass is 581 g/mol. The Bertz CT molecular complexity index is 1800. The van der Waals surface area contributed by atoms with E-state index in [2.05, 4.69) is 25.3 Å². The molecule has 3 atom stereocenters. The summed E-state index contributed by atoms with van der Waals surface area (Å²) in [6, 6.07) is 4.96. The Hall–Kier alpha value is -4.78. The fraction of sp³-hybridized carbons (Fsp3) is 0.400. The molecule has 4 aromatic heterocycles. The predicted molar refractivity (Wildman–Crippen MR) is 154 cm³/mol. The number of nitrogens with one attached hydrogen (secondary N) is 1. The van der Waals surface area contributed by atoms with Crippen LogP contribution < -0.4 is 10.2 Å². The molecular weight excluding hydrogens is 550 g/mol. The Labute approximate surface area is 247 Å². The number of rotatable bonds is 8. The largest absolute Gasteiger partial charge is 0.386 e. The smallest absolute Gasteiger partial charge is 0.331 e. The molecule has 3 aliphatic rings. The fourth-order valence-electron chi connectivity index (χ4n) is 5.64. The number of aryl methyl sites for hydroxylation is 2. The van der Waals surface area contributed by atoms with Crippen molar-refractivity contribution in [3.63, 3.8) is 0 Å². The number of aromatic nitrogens is 6. The second-order valence-corrected chi connectivity index (χ2v) is 11.7. The number of fused-ring (bicyclic) bond motifs is 1. The minimum atomic E-state index is -1.02. The van der Waals surface area contributed by atoms with Gasteiger partial charge in [0.1, 0.15) is 30.1 Å². The second kappa shape index (κ2) is 10.2. The van der Waals surface area contributed by atoms with Crippen LogP contribution in [0.3, 0.4) is 0 Å². The molecule has 220 valence electrons. The van der Waals surface area contributed by atoms with Crippen molar-refractivity contribution < 1.29 is 19.5 Å². The van der Waals surface area contributed by atoms with Gasteiger partial charge in [-0.3, -0.25) is 19.4 Å². The molecule has 4 amide bonds. The summed E-state index contributed by atoms with van der Waals surface area (Å²) < 4.78 is 1.86. The number of imide groups is 1. The fourth-order valence-corrected chi connectivity index (χ4v) is 5.64. The normalized spacial score (nSPS) is 20.7. The van der Waals surface area contributed by atoms with Crippen LogP contribution in [-0.2, 0) is 16.0 Å². The molecule has 2 aliphatic carbocycles. The lowest BCUT2D eigenvalue weighted by atomic mass is 10.1. The maximum atomic E-state index is 13.0. The summed E-state index contributed by atoms with van der Waals surface area (Å²) >= 11 is 0. The summed E-state index contributed by atoms with van der Waals surface area (Å²) in [5.41, 5.74) is 4.00. The van der Waals surface area contributed by atoms with Crippen LogP contribution in [-0.4, -0.2) is 70.8 Å². The highest BCUT2D eigenvalue weighted by Gasteiger charge is 2.46. The number of carbonyl (C=O) groups excluding carboxylic acids is 3. The van der Waals surface area contributed by atoms with Crippen molar-refractivity contribution in [3.05, 3.63) is 71.1 Å². The van der Waals surface area contributed by atoms with E-state index in [0.29, 0.717) is 52.5 Å². The van der Waals surface area contributed by atoms with Crippen molar-refractivity contribution in [2.45, 2.75) is 57.5 Å². The minimum Gasteiger partial charge on any atom is -0.386 e. The van der Waals surface area contributed by atoms with Crippen LogP contribution in [0.5, 0.6) is 0 Å². The number of nitrogens with zero attached hydrogens (tertiary/aromatic N) is 8. The number of likely N-dealkylation sites (N-methyl/N-ethyl adjacent to an activating group) is 1. The van der Waals surface area contributed by atoms with Gasteiger partial charge in [-0.25, -0.2) is 29.7 Å². The third-order valence-electron chi connectivity index (χ3n) is 8.25. The van der Waals surface area contributed by atoms with E-state index in [1.807, 2.05) is 35.9 Å². The van der Waals surface area contributed by atoms with Crippen LogP contribution >= 0.6 is 0 Å². The number of pyridine rings is 1. The van der Waals surface area contributed by atoms with Gasteiger partial charge in [0, 0.05) is 55.7 Å². The molecule has 1 aliphatic heterocycles. The summed E-state index contributed by atoms with van der Waals surface area (Å²) in [6.07, 6.45) is 7.47. The minimum absolute atomic E-state index is 0.0253. The van der Waals surface area contributed by atoms with Gasteiger partial charge in [0.15, 0.2) is 5.65 Å². The molecule has 13 heteroatoms. The maximum Gasteiger partial charge on any atom is 0.331 e. The highest BCUT2D eigenvalue weighted by atomic mass is 16.3. The second-order valence-electron chi connectivity index (χ2n) is 11.7. The Kier molecular flexibility index (Phi) is 6.42. The van der Waals surface area contributed by atoms with Gasteiger partial charge in [-0.15, -0.1) is 0 Å². The van der Waals surface area contributed by atoms with Crippen LogP contribution in [0.2, 0.25) is 0 Å². The van der Waals surface area contributed by atoms with Gasteiger partial charge in [0.05, 0.1) is 17.1 Å². The molecule has 5 heterocycles. The maximum absolute atomic E-state index is 13.0. The molecule has 13 nitrogen and oxygen atoms in total. The van der Waals surface area contributed by atoms with Gasteiger partial charge in [0.2, 0.25) is 11.8 Å². The Morgan fingerprint density at radius 1 is 1.12 bits per heavy atom. The Balaban J connectivity index is 1.10. The van der Waals surface area contributed by atoms with Gasteiger partial charge in [-0.1, -0.05) is 0 Å². The molecule has 4 aromatic rings. The molecule has 3 fully saturated rings. The first-order valence-electron chi connectivity index (χ1n) is 14.4. The molecule has 0 radical (unpaired) electrons. The molecule has 3 unspecified atom stereocenters. The number of aliphatic hydroxyl groups is 1. The number of anilines is 2. The van der Waals surface area contributed by atoms with Gasteiger partial charge in [0.25, 0.3) is 0 Å². The van der Waals surface area contributed by atoms with Crippen molar-refractivity contribution in [1.29, 1.82) is 0 Å². The van der Waals surface area contributed by atoms with Crippen molar-refractivity contribution in [2.75, 3.05) is 23.8 Å². The first kappa shape index (κ1) is 27.1. The average molecular weight is 582 g/mol. The van der Waals surface area contributed by atoms with E-state index in [1.54, 1.807) is 19.2 Å². The first-order chi connectivity index (χ1) is 20.6. The van der Waals surface area contributed by atoms with E-state index >= 15 is 0 Å². The van der Waals surface area contributed by atoms with E-state index in [-0.39, 0.29) is 42.6 Å². The number of imidazole rings is 1. The van der Waals surface area contributed by atoms with Gasteiger partial charge in [-0.05, 0) is 56.7 Å². The number of urea groups is 1. The average Bonchev–Trinajstić information content (AvgIpc) is 3.89. The summed E-state index contributed by atoms with van der Waals surface area (Å²) in [5, 5.41) is 14.0. The molecule has 7 rings (SSSR count). The predicted octanol–water partition coefficient (Wildman–Crippen LogP) is 2.83. The third kappa shape index (κ3) is 5.20. The van der Waals surface area contributed by atoms with Crippen molar-refractivity contribution in [3.8, 4) is 0 Å². The van der Waals surface area contributed by atoms with Crippen molar-refractivity contribution in [2.24, 2.45) is 5.92 Å². The zero-order valence-corrected chi connectivity index (χ0v) is 24.1. The van der Waals surface area contributed by atoms with E-state index in [4.69, 9.17) is 4.98 Å². The molecule has 0 aromatic carbocycles. The molecule has 1 saturated heterocycles. The van der Waals surface area contributed by atoms with Crippen LogP contribution in [0.1, 0.15) is 71.5 Å². The molecule has 0 spiro atoms. The molecule has 2 N–H and O–H groups in total. The Morgan fingerprint density at radius 2 is 1.93 bits per heavy atom. The summed E-state index contributed by atoms with van der Waals surface area (Å²) in [5.74, 6) is 1.10. The summed E-state index contributed by atoms with van der Waals surface area (Å²) in [4.78, 5) is 62.9. The van der Waals surface area contributed by atoms with Crippen molar-refractivity contribution in [1.82, 2.24) is 34.2 Å². The van der Waals surface area contributed by atoms with E-state index < -0.39 is 6.10 Å². The van der Waals surface area contributed by atoms with Gasteiger partial charge >= 0.3 is 6.03 Å². The SMILES string of the molecule is Cc1ccnc(C2CC2C(=O)Nc2cc(C(O)Cc3cn4cc(C5CC5)cc(N5CC(=O)N(C)C5=O)c4n3)nc(C)n2)n1. The van der Waals surface area contributed by atoms with Gasteiger partial charge < -0.3 is 14.8 Å². The van der Waals surface area contributed by atoms with E-state index in [0.717, 1.165) is 29.0 Å². The highest BCUT2D eigenvalue weighted by Crippen LogP contribution is 2.46. The number of hydrogen-bond donors (Lipinski definition) is 2. The topological polar surface area (TPSA) is 159 Å². The first-order valence-corrected chi connectivity index (χ1v) is 14.4. The highest BCUT2D eigenvalue weighted by molar-refractivity contribution is 6.13. The number of hydrogen-bond acceptors (Lipinski definition) is 9. The van der Waals surface area contributed by atoms with Crippen molar-refractivity contribution >= 4 is 35.0 Å². The van der Waals surface area contributed by atoms with E-state index in [9.17, 15) is 19.5 Å². The molecule has 43 heavy (non-hydrogen) atoms. The molecule has 0 bridgehead atoms. The van der Waals surface area contributed by atoms with Crippen LogP contribution in [0.15, 0.2) is 36.8 Å². The lowest BCUT2D eigenvalue weighted by Crippen LogP contribution is -2.30. The number of carbonyl (C=O) groups is 3. The van der Waals surface area contributed by atoms with Crippen LogP contribution in [0.25, 0.3) is 5.65 Å². The lowest BCUT2D eigenvalue weighted by Gasteiger charge is -2.17. The van der Waals surface area contributed by atoms with Crippen LogP contribution in [0, 0.1) is 19.8 Å². The summed E-state index contributed by atoms with van der Waals surface area (Å²) in [7, 11) is 1.47. The molecule has 2 saturated carbocycles. The van der Waals surface area contributed by atoms with E-state index in [1.165, 1.54) is 11.9 Å². The number of amides is 4. The number of aliphatic hydroxyl groups excluding tert-OH is 1. The quantitative estimate of drug-likeness (QED) is 0.298. The Morgan fingerprint density at radius 3 is 2.65 bits per heavy atom.